The van der Waals surface area contributed by atoms with Gasteiger partial charge in [-0.25, -0.2) is 9.18 Å². The standard InChI is InChI=1S/C23H33FN4O/c1-26(2)14-15-28(17-20-12-8-9-13-22(20)24)23(29)25-21(18-27(3)4)16-19-10-6-5-7-11-19/h5-13,21H,14-18H2,1-4H3,(H,25,29). The molecule has 0 spiro atoms. The van der Waals surface area contributed by atoms with Crippen LogP contribution >= 0.6 is 0 Å². The lowest BCUT2D eigenvalue weighted by atomic mass is 10.1. The predicted molar refractivity (Wildman–Crippen MR) is 116 cm³/mol. The van der Waals surface area contributed by atoms with Gasteiger partial charge in [0.05, 0.1) is 6.54 Å². The van der Waals surface area contributed by atoms with Gasteiger partial charge < -0.3 is 20.0 Å². The van der Waals surface area contributed by atoms with Gasteiger partial charge in [0, 0.05) is 31.2 Å². The molecule has 0 aromatic heterocycles. The third kappa shape index (κ3) is 8.21. The van der Waals surface area contributed by atoms with Crippen molar-refractivity contribution in [3.63, 3.8) is 0 Å². The van der Waals surface area contributed by atoms with Crippen LogP contribution in [0, 0.1) is 5.82 Å². The van der Waals surface area contributed by atoms with E-state index in [1.165, 1.54) is 11.6 Å². The van der Waals surface area contributed by atoms with E-state index in [1.807, 2.05) is 51.3 Å². The van der Waals surface area contributed by atoms with Crippen molar-refractivity contribution in [2.45, 2.75) is 19.0 Å². The minimum atomic E-state index is -0.288. The van der Waals surface area contributed by atoms with Gasteiger partial charge in [0.25, 0.3) is 0 Å². The highest BCUT2D eigenvalue weighted by Crippen LogP contribution is 2.11. The van der Waals surface area contributed by atoms with E-state index < -0.39 is 0 Å². The molecule has 5 nitrogen and oxygen atoms in total. The van der Waals surface area contributed by atoms with Crippen molar-refractivity contribution in [2.75, 3.05) is 47.8 Å². The zero-order valence-corrected chi connectivity index (χ0v) is 17.9. The second-order valence-corrected chi connectivity index (χ2v) is 7.91. The monoisotopic (exact) mass is 400 g/mol. The highest BCUT2D eigenvalue weighted by atomic mass is 19.1. The molecule has 0 fully saturated rings. The number of urea groups is 1. The lowest BCUT2D eigenvalue weighted by Crippen LogP contribution is -2.50. The summed E-state index contributed by atoms with van der Waals surface area (Å²) in [6, 6.07) is 16.5. The highest BCUT2D eigenvalue weighted by molar-refractivity contribution is 5.74. The Bertz CT molecular complexity index is 752. The molecule has 0 aliphatic carbocycles. The zero-order chi connectivity index (χ0) is 21.2. The van der Waals surface area contributed by atoms with Gasteiger partial charge in [0.1, 0.15) is 5.82 Å². The fourth-order valence-electron chi connectivity index (χ4n) is 3.17. The minimum absolute atomic E-state index is 0.0395. The van der Waals surface area contributed by atoms with E-state index in [0.29, 0.717) is 18.7 Å². The Balaban J connectivity index is 2.12. The average molecular weight is 401 g/mol. The van der Waals surface area contributed by atoms with Gasteiger partial charge in [0.15, 0.2) is 0 Å². The summed E-state index contributed by atoms with van der Waals surface area (Å²) in [6.07, 6.45) is 0.742. The molecule has 0 radical (unpaired) electrons. The summed E-state index contributed by atoms with van der Waals surface area (Å²) < 4.78 is 14.2. The third-order valence-electron chi connectivity index (χ3n) is 4.66. The number of carbonyl (C=O) groups is 1. The van der Waals surface area contributed by atoms with Gasteiger partial charge in [0.2, 0.25) is 0 Å². The van der Waals surface area contributed by atoms with E-state index in [-0.39, 0.29) is 24.4 Å². The van der Waals surface area contributed by atoms with Crippen LogP contribution in [0.1, 0.15) is 11.1 Å². The number of halogens is 1. The Labute approximate surface area is 174 Å². The predicted octanol–water partition coefficient (Wildman–Crippen LogP) is 3.07. The minimum Gasteiger partial charge on any atom is -0.334 e. The number of amides is 2. The third-order valence-corrected chi connectivity index (χ3v) is 4.66. The number of nitrogens with one attached hydrogen (secondary N) is 1. The van der Waals surface area contributed by atoms with Crippen LogP contribution in [0.15, 0.2) is 54.6 Å². The van der Waals surface area contributed by atoms with Gasteiger partial charge in [-0.3, -0.25) is 0 Å². The molecule has 2 rings (SSSR count). The average Bonchev–Trinajstić information content (AvgIpc) is 2.66. The summed E-state index contributed by atoms with van der Waals surface area (Å²) in [7, 11) is 7.91. The number of benzene rings is 2. The Kier molecular flexibility index (Phi) is 9.09. The van der Waals surface area contributed by atoms with Crippen molar-refractivity contribution in [3.05, 3.63) is 71.5 Å². The van der Waals surface area contributed by atoms with Crippen LogP contribution in [-0.2, 0) is 13.0 Å². The van der Waals surface area contributed by atoms with Crippen LogP contribution in [-0.4, -0.2) is 74.6 Å². The molecule has 2 aromatic rings. The van der Waals surface area contributed by atoms with E-state index in [4.69, 9.17) is 0 Å². The smallest absolute Gasteiger partial charge is 0.318 e. The quantitative estimate of drug-likeness (QED) is 0.666. The molecule has 0 bridgehead atoms. The normalized spacial score (nSPS) is 12.2. The summed E-state index contributed by atoms with van der Waals surface area (Å²) in [6.45, 7) is 2.19. The van der Waals surface area contributed by atoms with Crippen LogP contribution in [0.5, 0.6) is 0 Å². The first-order chi connectivity index (χ1) is 13.8. The van der Waals surface area contributed by atoms with Gasteiger partial charge in [-0.2, -0.15) is 0 Å². The van der Waals surface area contributed by atoms with Crippen LogP contribution in [0.25, 0.3) is 0 Å². The van der Waals surface area contributed by atoms with E-state index in [2.05, 4.69) is 22.3 Å². The first-order valence-electron chi connectivity index (χ1n) is 9.97. The first kappa shape index (κ1) is 22.8. The Morgan fingerprint density at radius 3 is 2.21 bits per heavy atom. The number of rotatable bonds is 10. The molecule has 1 N–H and O–H groups in total. The van der Waals surface area contributed by atoms with Crippen LogP contribution in [0.3, 0.4) is 0 Å². The fraction of sp³-hybridized carbons (Fsp3) is 0.435. The SMILES string of the molecule is CN(C)CCN(Cc1ccccc1F)C(=O)NC(Cc1ccccc1)CN(C)C. The molecule has 158 valence electrons. The maximum Gasteiger partial charge on any atom is 0.318 e. The second-order valence-electron chi connectivity index (χ2n) is 7.91. The Morgan fingerprint density at radius 1 is 0.931 bits per heavy atom. The molecule has 0 saturated carbocycles. The highest BCUT2D eigenvalue weighted by Gasteiger charge is 2.20. The topological polar surface area (TPSA) is 38.8 Å². The lowest BCUT2D eigenvalue weighted by Gasteiger charge is -2.29. The van der Waals surface area contributed by atoms with E-state index >= 15 is 0 Å². The second kappa shape index (κ2) is 11.5. The summed E-state index contributed by atoms with van der Waals surface area (Å²) in [5, 5.41) is 3.16. The van der Waals surface area contributed by atoms with Crippen molar-refractivity contribution < 1.29 is 9.18 Å². The molecular weight excluding hydrogens is 367 g/mol. The van der Waals surface area contributed by atoms with Crippen LogP contribution in [0.4, 0.5) is 9.18 Å². The van der Waals surface area contributed by atoms with Crippen molar-refractivity contribution in [3.8, 4) is 0 Å². The molecule has 0 saturated heterocycles. The zero-order valence-electron chi connectivity index (χ0n) is 17.9. The summed E-state index contributed by atoms with van der Waals surface area (Å²) >= 11 is 0. The number of hydrogen-bond acceptors (Lipinski definition) is 3. The number of hydrogen-bond donors (Lipinski definition) is 1. The fourth-order valence-corrected chi connectivity index (χ4v) is 3.17. The number of nitrogens with zero attached hydrogens (tertiary/aromatic N) is 3. The van der Waals surface area contributed by atoms with Crippen LogP contribution < -0.4 is 5.32 Å². The van der Waals surface area contributed by atoms with Gasteiger partial charge >= 0.3 is 6.03 Å². The molecule has 0 aliphatic rings. The molecule has 2 aromatic carbocycles. The van der Waals surface area contributed by atoms with Gasteiger partial charge in [-0.1, -0.05) is 48.5 Å². The van der Waals surface area contributed by atoms with E-state index in [0.717, 1.165) is 13.0 Å². The van der Waals surface area contributed by atoms with Crippen molar-refractivity contribution >= 4 is 6.03 Å². The molecule has 2 amide bonds. The molecule has 29 heavy (non-hydrogen) atoms. The Morgan fingerprint density at radius 2 is 1.59 bits per heavy atom. The van der Waals surface area contributed by atoms with E-state index in [9.17, 15) is 9.18 Å². The lowest BCUT2D eigenvalue weighted by molar-refractivity contribution is 0.181. The van der Waals surface area contributed by atoms with Gasteiger partial charge in [-0.15, -0.1) is 0 Å². The van der Waals surface area contributed by atoms with E-state index in [1.54, 1.807) is 23.1 Å². The van der Waals surface area contributed by atoms with Gasteiger partial charge in [-0.05, 0) is 46.2 Å². The molecule has 1 atom stereocenters. The summed E-state index contributed by atoms with van der Waals surface area (Å²) in [4.78, 5) is 18.9. The largest absolute Gasteiger partial charge is 0.334 e. The molecule has 0 heterocycles. The summed E-state index contributed by atoms with van der Waals surface area (Å²) in [5.74, 6) is -0.288. The maximum absolute atomic E-state index is 14.2. The van der Waals surface area contributed by atoms with Crippen molar-refractivity contribution in [2.24, 2.45) is 0 Å². The molecule has 6 heteroatoms. The number of likely N-dealkylation sites (N-methyl/N-ethyl adjacent to an activating group) is 2. The first-order valence-corrected chi connectivity index (χ1v) is 9.97. The number of carbonyl (C=O) groups excluding carboxylic acids is 1. The molecule has 1 unspecified atom stereocenters. The van der Waals surface area contributed by atoms with Crippen molar-refractivity contribution in [1.82, 2.24) is 20.0 Å². The Hall–Kier alpha value is -2.44. The van der Waals surface area contributed by atoms with Crippen molar-refractivity contribution in [1.29, 1.82) is 0 Å². The van der Waals surface area contributed by atoms with Crippen LogP contribution in [0.2, 0.25) is 0 Å². The molecular formula is C23H33FN4O. The summed E-state index contributed by atoms with van der Waals surface area (Å²) in [5.41, 5.74) is 1.70. The molecule has 0 aliphatic heterocycles. The maximum atomic E-state index is 14.2.